The van der Waals surface area contributed by atoms with E-state index in [0.29, 0.717) is 30.2 Å². The molecule has 2 N–H and O–H groups in total. The number of rotatable bonds is 7. The van der Waals surface area contributed by atoms with Gasteiger partial charge in [-0.3, -0.25) is 0 Å². The third kappa shape index (κ3) is 4.20. The number of benzene rings is 2. The van der Waals surface area contributed by atoms with E-state index in [1.807, 2.05) is 25.1 Å². The van der Waals surface area contributed by atoms with Crippen LogP contribution in [0.15, 0.2) is 42.5 Å². The van der Waals surface area contributed by atoms with E-state index in [1.54, 1.807) is 18.2 Å². The quantitative estimate of drug-likeness (QED) is 0.850. The molecule has 0 aromatic heterocycles. The molecule has 0 heterocycles. The molecule has 0 saturated heterocycles. The first kappa shape index (κ1) is 15.3. The molecule has 0 unspecified atom stereocenters. The Morgan fingerprint density at radius 3 is 2.57 bits per heavy atom. The molecule has 0 radical (unpaired) electrons. The zero-order valence-electron chi connectivity index (χ0n) is 12.1. The van der Waals surface area contributed by atoms with Crippen molar-refractivity contribution in [2.75, 3.05) is 13.2 Å². The average molecular weight is 289 g/mol. The Hall–Kier alpha value is -2.07. The van der Waals surface area contributed by atoms with Crippen LogP contribution >= 0.6 is 0 Å². The average Bonchev–Trinajstić information content (AvgIpc) is 2.49. The molecule has 0 spiro atoms. The summed E-state index contributed by atoms with van der Waals surface area (Å²) in [4.78, 5) is 0. The number of hydrogen-bond acceptors (Lipinski definition) is 3. The first-order valence-corrected chi connectivity index (χ1v) is 7.06. The monoisotopic (exact) mass is 289 g/mol. The van der Waals surface area contributed by atoms with Gasteiger partial charge in [0.05, 0.1) is 6.61 Å². The van der Waals surface area contributed by atoms with Gasteiger partial charge in [0, 0.05) is 5.56 Å². The van der Waals surface area contributed by atoms with Crippen LogP contribution in [0.1, 0.15) is 18.1 Å². The minimum Gasteiger partial charge on any atom is -0.490 e. The minimum atomic E-state index is -0.268. The van der Waals surface area contributed by atoms with Gasteiger partial charge < -0.3 is 15.2 Å². The van der Waals surface area contributed by atoms with E-state index in [2.05, 4.69) is 0 Å². The normalized spacial score (nSPS) is 10.4. The van der Waals surface area contributed by atoms with Gasteiger partial charge in [0.25, 0.3) is 0 Å². The summed E-state index contributed by atoms with van der Waals surface area (Å²) in [6.07, 6.45) is 0.785. The van der Waals surface area contributed by atoms with Crippen molar-refractivity contribution in [2.45, 2.75) is 20.0 Å². The first-order chi connectivity index (χ1) is 10.2. The van der Waals surface area contributed by atoms with Crippen molar-refractivity contribution >= 4 is 0 Å². The predicted molar refractivity (Wildman–Crippen MR) is 81.1 cm³/mol. The van der Waals surface area contributed by atoms with Crippen molar-refractivity contribution in [1.82, 2.24) is 0 Å². The largest absolute Gasteiger partial charge is 0.490 e. The van der Waals surface area contributed by atoms with Crippen LogP contribution in [-0.2, 0) is 13.0 Å². The highest BCUT2D eigenvalue weighted by atomic mass is 19.1. The van der Waals surface area contributed by atoms with Gasteiger partial charge in [-0.1, -0.05) is 24.3 Å². The van der Waals surface area contributed by atoms with Crippen molar-refractivity contribution < 1.29 is 13.9 Å². The summed E-state index contributed by atoms with van der Waals surface area (Å²) in [5, 5.41) is 0. The molecule has 4 heteroatoms. The van der Waals surface area contributed by atoms with E-state index in [4.69, 9.17) is 15.2 Å². The van der Waals surface area contributed by atoms with Crippen molar-refractivity contribution in [3.63, 3.8) is 0 Å². The molecule has 0 amide bonds. The lowest BCUT2D eigenvalue weighted by Gasteiger charge is -2.13. The second-order valence-electron chi connectivity index (χ2n) is 4.63. The van der Waals surface area contributed by atoms with Crippen LogP contribution in [0.4, 0.5) is 4.39 Å². The standard InChI is InChI=1S/C17H20FNO2/c1-2-20-17-11-13(9-10-19)7-8-16(17)21-12-14-5-3-4-6-15(14)18/h3-8,11H,2,9-10,12,19H2,1H3. The highest BCUT2D eigenvalue weighted by Gasteiger charge is 2.08. The van der Waals surface area contributed by atoms with Crippen LogP contribution in [0.5, 0.6) is 11.5 Å². The maximum atomic E-state index is 13.6. The topological polar surface area (TPSA) is 44.5 Å². The molecule has 2 rings (SSSR count). The Bertz CT molecular complexity index is 587. The number of hydrogen-bond donors (Lipinski definition) is 1. The maximum absolute atomic E-state index is 13.6. The van der Waals surface area contributed by atoms with E-state index < -0.39 is 0 Å². The molecule has 0 aliphatic carbocycles. The summed E-state index contributed by atoms with van der Waals surface area (Å²) in [5.41, 5.74) is 7.18. The van der Waals surface area contributed by atoms with Gasteiger partial charge in [-0.15, -0.1) is 0 Å². The van der Waals surface area contributed by atoms with Crippen LogP contribution in [0, 0.1) is 5.82 Å². The predicted octanol–water partition coefficient (Wildman–Crippen LogP) is 3.30. The van der Waals surface area contributed by atoms with Crippen LogP contribution < -0.4 is 15.2 Å². The fourth-order valence-corrected chi connectivity index (χ4v) is 2.03. The van der Waals surface area contributed by atoms with Gasteiger partial charge in [-0.25, -0.2) is 4.39 Å². The summed E-state index contributed by atoms with van der Waals surface area (Å²) in [6.45, 7) is 3.21. The second-order valence-corrected chi connectivity index (χ2v) is 4.63. The highest BCUT2D eigenvalue weighted by Crippen LogP contribution is 2.29. The summed E-state index contributed by atoms with van der Waals surface area (Å²) in [5.74, 6) is 1.01. The summed E-state index contributed by atoms with van der Waals surface area (Å²) >= 11 is 0. The van der Waals surface area contributed by atoms with Crippen molar-refractivity contribution in [2.24, 2.45) is 5.73 Å². The number of halogens is 1. The SMILES string of the molecule is CCOc1cc(CCN)ccc1OCc1ccccc1F. The van der Waals surface area contributed by atoms with Crippen LogP contribution in [0.25, 0.3) is 0 Å². The third-order valence-electron chi connectivity index (χ3n) is 3.08. The van der Waals surface area contributed by atoms with Crippen LogP contribution in [-0.4, -0.2) is 13.2 Å². The minimum absolute atomic E-state index is 0.170. The maximum Gasteiger partial charge on any atom is 0.161 e. The van der Waals surface area contributed by atoms with Crippen molar-refractivity contribution in [3.8, 4) is 11.5 Å². The molecule has 0 atom stereocenters. The molecule has 0 saturated carbocycles. The van der Waals surface area contributed by atoms with E-state index in [0.717, 1.165) is 12.0 Å². The molecule has 0 aliphatic rings. The summed E-state index contributed by atoms with van der Waals surface area (Å²) in [6, 6.07) is 12.3. The third-order valence-corrected chi connectivity index (χ3v) is 3.08. The molecule has 21 heavy (non-hydrogen) atoms. The van der Waals surface area contributed by atoms with E-state index in [-0.39, 0.29) is 12.4 Å². The van der Waals surface area contributed by atoms with Crippen LogP contribution in [0.2, 0.25) is 0 Å². The van der Waals surface area contributed by atoms with E-state index in [9.17, 15) is 4.39 Å². The second kappa shape index (κ2) is 7.64. The van der Waals surface area contributed by atoms with Crippen molar-refractivity contribution in [3.05, 3.63) is 59.4 Å². The van der Waals surface area contributed by atoms with Gasteiger partial charge in [-0.2, -0.15) is 0 Å². The van der Waals surface area contributed by atoms with E-state index in [1.165, 1.54) is 6.07 Å². The molecule has 3 nitrogen and oxygen atoms in total. The lowest BCUT2D eigenvalue weighted by atomic mass is 10.1. The Labute approximate surface area is 124 Å². The lowest BCUT2D eigenvalue weighted by Crippen LogP contribution is -2.05. The lowest BCUT2D eigenvalue weighted by molar-refractivity contribution is 0.265. The van der Waals surface area contributed by atoms with Gasteiger partial charge in [0.1, 0.15) is 12.4 Å². The molecule has 2 aromatic rings. The van der Waals surface area contributed by atoms with Gasteiger partial charge >= 0.3 is 0 Å². The van der Waals surface area contributed by atoms with Crippen LogP contribution in [0.3, 0.4) is 0 Å². The fourth-order valence-electron chi connectivity index (χ4n) is 2.03. The number of ether oxygens (including phenoxy) is 2. The molecular weight excluding hydrogens is 269 g/mol. The number of nitrogens with two attached hydrogens (primary N) is 1. The highest BCUT2D eigenvalue weighted by molar-refractivity contribution is 5.43. The van der Waals surface area contributed by atoms with E-state index >= 15 is 0 Å². The summed E-state index contributed by atoms with van der Waals surface area (Å²) in [7, 11) is 0. The zero-order valence-corrected chi connectivity index (χ0v) is 12.1. The Morgan fingerprint density at radius 1 is 1.05 bits per heavy atom. The summed E-state index contributed by atoms with van der Waals surface area (Å²) < 4.78 is 24.9. The fraction of sp³-hybridized carbons (Fsp3) is 0.294. The van der Waals surface area contributed by atoms with Gasteiger partial charge in [0.15, 0.2) is 11.5 Å². The Morgan fingerprint density at radius 2 is 1.86 bits per heavy atom. The zero-order chi connectivity index (χ0) is 15.1. The Kier molecular flexibility index (Phi) is 5.58. The van der Waals surface area contributed by atoms with Gasteiger partial charge in [0.2, 0.25) is 0 Å². The molecule has 112 valence electrons. The molecule has 0 fully saturated rings. The van der Waals surface area contributed by atoms with Crippen molar-refractivity contribution in [1.29, 1.82) is 0 Å². The molecule has 0 bridgehead atoms. The first-order valence-electron chi connectivity index (χ1n) is 7.06. The molecular formula is C17H20FNO2. The van der Waals surface area contributed by atoms with Gasteiger partial charge in [-0.05, 0) is 43.7 Å². The Balaban J connectivity index is 2.13. The smallest absolute Gasteiger partial charge is 0.161 e. The molecule has 2 aromatic carbocycles. The molecule has 0 aliphatic heterocycles.